The highest BCUT2D eigenvalue weighted by Crippen LogP contribution is 2.27. The average Bonchev–Trinajstić information content (AvgIpc) is 3.05. The lowest BCUT2D eigenvalue weighted by Crippen LogP contribution is -2.40. The highest BCUT2D eigenvalue weighted by atomic mass is 32.2. The molecule has 1 aliphatic rings. The molecule has 142 valence electrons. The lowest BCUT2D eigenvalue weighted by Gasteiger charge is -2.24. The summed E-state index contributed by atoms with van der Waals surface area (Å²) in [4.78, 5) is 0.0466. The Morgan fingerprint density at radius 3 is 2.40 bits per heavy atom. The van der Waals surface area contributed by atoms with Crippen molar-refractivity contribution < 1.29 is 16.8 Å². The summed E-state index contributed by atoms with van der Waals surface area (Å²) >= 11 is 0. The molecular formula is C16H27N3O4S2. The molecule has 1 fully saturated rings. The van der Waals surface area contributed by atoms with E-state index in [-0.39, 0.29) is 15.8 Å². The molecule has 1 aliphatic heterocycles. The topological polar surface area (TPSA) is 86.8 Å². The zero-order chi connectivity index (χ0) is 18.7. The quantitative estimate of drug-likeness (QED) is 0.719. The molecule has 1 unspecified atom stereocenters. The molecule has 0 spiro atoms. The van der Waals surface area contributed by atoms with Gasteiger partial charge in [-0.05, 0) is 38.1 Å². The molecule has 1 N–H and O–H groups in total. The van der Waals surface area contributed by atoms with E-state index in [2.05, 4.69) is 5.32 Å². The summed E-state index contributed by atoms with van der Waals surface area (Å²) in [5.74, 6) is 0. The molecule has 0 aliphatic carbocycles. The van der Waals surface area contributed by atoms with Crippen LogP contribution in [0.25, 0.3) is 0 Å². The zero-order valence-electron chi connectivity index (χ0n) is 15.0. The van der Waals surface area contributed by atoms with E-state index in [0.717, 1.165) is 12.8 Å². The van der Waals surface area contributed by atoms with Crippen molar-refractivity contribution in [2.24, 2.45) is 0 Å². The van der Waals surface area contributed by atoms with Crippen LogP contribution in [-0.2, 0) is 20.0 Å². The predicted molar refractivity (Wildman–Crippen MR) is 97.4 cm³/mol. The first kappa shape index (κ1) is 20.3. The van der Waals surface area contributed by atoms with Gasteiger partial charge in [0.15, 0.2) is 0 Å². The number of nitrogens with one attached hydrogen (secondary N) is 1. The van der Waals surface area contributed by atoms with Gasteiger partial charge in [0.25, 0.3) is 0 Å². The molecule has 0 saturated carbocycles. The van der Waals surface area contributed by atoms with E-state index in [4.69, 9.17) is 0 Å². The standard InChI is InChI=1S/C16H27N3O4S2/c1-4-18(5-2)24(20,21)15-9-6-10-16(12-15)25(22,23)19-11-7-8-14(19)13-17-3/h6,9-10,12,14,17H,4-5,7-8,11,13H2,1-3H3. The van der Waals surface area contributed by atoms with Crippen molar-refractivity contribution in [3.05, 3.63) is 24.3 Å². The molecule has 1 aromatic rings. The van der Waals surface area contributed by atoms with E-state index >= 15 is 0 Å². The van der Waals surface area contributed by atoms with Crippen LogP contribution in [0.1, 0.15) is 26.7 Å². The number of hydrogen-bond acceptors (Lipinski definition) is 5. The van der Waals surface area contributed by atoms with Gasteiger partial charge in [0.05, 0.1) is 9.79 Å². The Labute approximate surface area is 151 Å². The first-order chi connectivity index (χ1) is 11.8. The minimum absolute atomic E-state index is 0.0154. The second-order valence-electron chi connectivity index (χ2n) is 6.03. The number of nitrogens with zero attached hydrogens (tertiary/aromatic N) is 2. The second kappa shape index (κ2) is 8.13. The Kier molecular flexibility index (Phi) is 6.61. The number of sulfonamides is 2. The van der Waals surface area contributed by atoms with Gasteiger partial charge in [-0.3, -0.25) is 0 Å². The molecule has 0 aromatic heterocycles. The minimum Gasteiger partial charge on any atom is -0.318 e. The van der Waals surface area contributed by atoms with Crippen LogP contribution >= 0.6 is 0 Å². The fourth-order valence-corrected chi connectivity index (χ4v) is 6.53. The van der Waals surface area contributed by atoms with Crippen molar-refractivity contribution in [2.75, 3.05) is 33.2 Å². The molecule has 7 nitrogen and oxygen atoms in total. The Morgan fingerprint density at radius 1 is 1.16 bits per heavy atom. The fraction of sp³-hybridized carbons (Fsp3) is 0.625. The van der Waals surface area contributed by atoms with Crippen LogP contribution in [0.3, 0.4) is 0 Å². The molecule has 1 aromatic carbocycles. The summed E-state index contributed by atoms with van der Waals surface area (Å²) in [6.07, 6.45) is 1.61. The smallest absolute Gasteiger partial charge is 0.243 e. The third-order valence-electron chi connectivity index (χ3n) is 4.52. The largest absolute Gasteiger partial charge is 0.318 e. The molecule has 0 bridgehead atoms. The van der Waals surface area contributed by atoms with E-state index in [1.807, 2.05) is 0 Å². The Bertz CT molecular complexity index is 789. The Morgan fingerprint density at radius 2 is 1.80 bits per heavy atom. The lowest BCUT2D eigenvalue weighted by molar-refractivity contribution is 0.379. The number of rotatable bonds is 8. The molecule has 25 heavy (non-hydrogen) atoms. The van der Waals surface area contributed by atoms with Crippen molar-refractivity contribution >= 4 is 20.0 Å². The van der Waals surface area contributed by atoms with Gasteiger partial charge in [0.2, 0.25) is 20.0 Å². The predicted octanol–water partition coefficient (Wildman–Crippen LogP) is 1.09. The summed E-state index contributed by atoms with van der Waals surface area (Å²) in [6, 6.07) is 5.58. The van der Waals surface area contributed by atoms with Gasteiger partial charge in [0.1, 0.15) is 0 Å². The van der Waals surface area contributed by atoms with Crippen LogP contribution in [0, 0.1) is 0 Å². The third kappa shape index (κ3) is 4.06. The molecule has 9 heteroatoms. The number of likely N-dealkylation sites (N-methyl/N-ethyl adjacent to an activating group) is 1. The van der Waals surface area contributed by atoms with Gasteiger partial charge in [-0.25, -0.2) is 16.8 Å². The zero-order valence-corrected chi connectivity index (χ0v) is 16.6. The molecule has 2 rings (SSSR count). The van der Waals surface area contributed by atoms with E-state index < -0.39 is 20.0 Å². The number of hydrogen-bond donors (Lipinski definition) is 1. The van der Waals surface area contributed by atoms with Crippen molar-refractivity contribution in [3.8, 4) is 0 Å². The maximum absolute atomic E-state index is 13.0. The maximum Gasteiger partial charge on any atom is 0.243 e. The van der Waals surface area contributed by atoms with Crippen molar-refractivity contribution in [1.29, 1.82) is 0 Å². The molecule has 0 radical (unpaired) electrons. The molecule has 1 saturated heterocycles. The highest BCUT2D eigenvalue weighted by molar-refractivity contribution is 7.90. The van der Waals surface area contributed by atoms with Gasteiger partial charge < -0.3 is 5.32 Å². The summed E-state index contributed by atoms with van der Waals surface area (Å²) in [5, 5.41) is 3.02. The second-order valence-corrected chi connectivity index (χ2v) is 9.86. The monoisotopic (exact) mass is 389 g/mol. The summed E-state index contributed by atoms with van der Waals surface area (Å²) in [7, 11) is -5.62. The average molecular weight is 390 g/mol. The van der Waals surface area contributed by atoms with E-state index in [1.165, 1.54) is 32.9 Å². The lowest BCUT2D eigenvalue weighted by atomic mass is 10.2. The first-order valence-corrected chi connectivity index (χ1v) is 11.4. The fourth-order valence-electron chi connectivity index (χ4n) is 3.21. The highest BCUT2D eigenvalue weighted by Gasteiger charge is 2.35. The van der Waals surface area contributed by atoms with Crippen molar-refractivity contribution in [3.63, 3.8) is 0 Å². The minimum atomic E-state index is -3.72. The van der Waals surface area contributed by atoms with Gasteiger partial charge in [0, 0.05) is 32.2 Å². The van der Waals surface area contributed by atoms with Crippen LogP contribution in [0.2, 0.25) is 0 Å². The molecule has 0 amide bonds. The van der Waals surface area contributed by atoms with Gasteiger partial charge in [-0.1, -0.05) is 19.9 Å². The summed E-state index contributed by atoms with van der Waals surface area (Å²) < 4.78 is 54.1. The van der Waals surface area contributed by atoms with Crippen LogP contribution < -0.4 is 5.32 Å². The van der Waals surface area contributed by atoms with Crippen molar-refractivity contribution in [1.82, 2.24) is 13.9 Å². The Hall–Kier alpha value is -1.00. The van der Waals surface area contributed by atoms with E-state index in [0.29, 0.717) is 26.2 Å². The molecular weight excluding hydrogens is 362 g/mol. The van der Waals surface area contributed by atoms with E-state index in [9.17, 15) is 16.8 Å². The number of benzene rings is 1. The summed E-state index contributed by atoms with van der Waals surface area (Å²) in [6.45, 7) is 5.24. The van der Waals surface area contributed by atoms with E-state index in [1.54, 1.807) is 20.9 Å². The van der Waals surface area contributed by atoms with Crippen LogP contribution in [-0.4, -0.2) is 64.7 Å². The maximum atomic E-state index is 13.0. The van der Waals surface area contributed by atoms with Crippen LogP contribution in [0.5, 0.6) is 0 Å². The van der Waals surface area contributed by atoms with Gasteiger partial charge in [-0.2, -0.15) is 8.61 Å². The van der Waals surface area contributed by atoms with Crippen molar-refractivity contribution in [2.45, 2.75) is 42.5 Å². The summed E-state index contributed by atoms with van der Waals surface area (Å²) in [5.41, 5.74) is 0. The van der Waals surface area contributed by atoms with Crippen LogP contribution in [0.15, 0.2) is 34.1 Å². The van der Waals surface area contributed by atoms with Gasteiger partial charge in [-0.15, -0.1) is 0 Å². The molecule has 1 atom stereocenters. The third-order valence-corrected chi connectivity index (χ3v) is 8.51. The SMILES string of the molecule is CCN(CC)S(=O)(=O)c1cccc(S(=O)(=O)N2CCCC2CNC)c1. The molecule has 1 heterocycles. The van der Waals surface area contributed by atoms with Crippen LogP contribution in [0.4, 0.5) is 0 Å². The normalized spacial score (nSPS) is 19.6. The first-order valence-electron chi connectivity index (χ1n) is 8.55. The van der Waals surface area contributed by atoms with Gasteiger partial charge >= 0.3 is 0 Å². The Balaban J connectivity index is 2.41.